The zero-order chi connectivity index (χ0) is 21.0. The lowest BCUT2D eigenvalue weighted by molar-refractivity contribution is -0.129. The Morgan fingerprint density at radius 1 is 0.931 bits per heavy atom. The molecule has 8 heteroatoms. The number of nitrogens with zero attached hydrogens (tertiary/aromatic N) is 1. The smallest absolute Gasteiger partial charge is 0.322 e. The molecule has 29 heavy (non-hydrogen) atoms. The second kappa shape index (κ2) is 8.30. The number of allylic oxidation sites excluding steroid dienone is 1. The number of rotatable bonds is 4. The van der Waals surface area contributed by atoms with Crippen LogP contribution >= 0.6 is 0 Å². The number of halogens is 3. The van der Waals surface area contributed by atoms with Gasteiger partial charge in [0.1, 0.15) is 0 Å². The summed E-state index contributed by atoms with van der Waals surface area (Å²) in [5.74, 6) is -1.56. The summed E-state index contributed by atoms with van der Waals surface area (Å²) in [7, 11) is 0. The maximum atomic E-state index is 13.3. The van der Waals surface area contributed by atoms with E-state index in [1.807, 2.05) is 0 Å². The molecule has 2 aromatic carbocycles. The Morgan fingerprint density at radius 3 is 2.07 bits per heavy atom. The molecular formula is C21H17F3N2O3. The van der Waals surface area contributed by atoms with E-state index < -0.39 is 17.7 Å². The van der Waals surface area contributed by atoms with Crippen molar-refractivity contribution in [1.82, 2.24) is 0 Å². The van der Waals surface area contributed by atoms with Gasteiger partial charge in [0.25, 0.3) is 0 Å². The van der Waals surface area contributed by atoms with E-state index in [9.17, 15) is 27.6 Å². The zero-order valence-electron chi connectivity index (χ0n) is 15.2. The van der Waals surface area contributed by atoms with Crippen LogP contribution < -0.4 is 10.2 Å². The molecule has 0 unspecified atom stereocenters. The minimum Gasteiger partial charge on any atom is -0.322 e. The Bertz CT molecular complexity index is 935. The fraction of sp³-hybridized carbons (Fsp3) is 0.190. The fourth-order valence-electron chi connectivity index (χ4n) is 2.99. The molecule has 0 saturated carbocycles. The summed E-state index contributed by atoms with van der Waals surface area (Å²) in [6.45, 7) is 0. The lowest BCUT2D eigenvalue weighted by Crippen LogP contribution is -2.40. The van der Waals surface area contributed by atoms with E-state index in [0.29, 0.717) is 18.2 Å². The van der Waals surface area contributed by atoms with Crippen molar-refractivity contribution in [2.45, 2.75) is 25.4 Å². The van der Waals surface area contributed by atoms with Gasteiger partial charge in [0, 0.05) is 24.6 Å². The van der Waals surface area contributed by atoms with Gasteiger partial charge in [0.2, 0.25) is 17.7 Å². The summed E-state index contributed by atoms with van der Waals surface area (Å²) >= 11 is 0. The summed E-state index contributed by atoms with van der Waals surface area (Å²) in [6, 6.07) is 12.8. The molecular weight excluding hydrogens is 385 g/mol. The van der Waals surface area contributed by atoms with Crippen molar-refractivity contribution in [2.24, 2.45) is 0 Å². The molecule has 2 aromatic rings. The normalized spacial score (nSPS) is 15.4. The molecule has 1 saturated heterocycles. The maximum absolute atomic E-state index is 13.3. The van der Waals surface area contributed by atoms with Crippen LogP contribution in [-0.4, -0.2) is 23.9 Å². The van der Waals surface area contributed by atoms with Crippen molar-refractivity contribution in [1.29, 1.82) is 0 Å². The largest absolute Gasteiger partial charge is 0.417 e. The Labute approximate surface area is 164 Å². The highest BCUT2D eigenvalue weighted by Crippen LogP contribution is 2.33. The van der Waals surface area contributed by atoms with E-state index in [2.05, 4.69) is 5.32 Å². The number of piperidine rings is 1. The summed E-state index contributed by atoms with van der Waals surface area (Å²) < 4.78 is 40.0. The van der Waals surface area contributed by atoms with Gasteiger partial charge < -0.3 is 5.32 Å². The van der Waals surface area contributed by atoms with E-state index in [-0.39, 0.29) is 35.9 Å². The molecule has 150 valence electrons. The number of hydrogen-bond donors (Lipinski definition) is 1. The van der Waals surface area contributed by atoms with Crippen LogP contribution in [0.25, 0.3) is 5.57 Å². The van der Waals surface area contributed by atoms with Crippen molar-refractivity contribution in [2.75, 3.05) is 10.2 Å². The first kappa shape index (κ1) is 20.3. The first-order chi connectivity index (χ1) is 13.8. The molecule has 0 bridgehead atoms. The number of anilines is 2. The third-order valence-corrected chi connectivity index (χ3v) is 4.34. The average Bonchev–Trinajstić information content (AvgIpc) is 2.67. The van der Waals surface area contributed by atoms with E-state index >= 15 is 0 Å². The van der Waals surface area contributed by atoms with Gasteiger partial charge >= 0.3 is 6.18 Å². The van der Waals surface area contributed by atoms with Crippen LogP contribution in [0.3, 0.4) is 0 Å². The van der Waals surface area contributed by atoms with Crippen molar-refractivity contribution < 1.29 is 27.6 Å². The minimum atomic E-state index is -4.70. The molecule has 0 atom stereocenters. The quantitative estimate of drug-likeness (QED) is 0.612. The summed E-state index contributed by atoms with van der Waals surface area (Å²) in [5, 5.41) is 2.36. The van der Waals surface area contributed by atoms with E-state index in [4.69, 9.17) is 0 Å². The molecule has 0 aliphatic carbocycles. The van der Waals surface area contributed by atoms with Crippen LogP contribution in [0.5, 0.6) is 0 Å². The molecule has 3 amide bonds. The van der Waals surface area contributed by atoms with E-state index in [0.717, 1.165) is 4.90 Å². The predicted molar refractivity (Wildman–Crippen MR) is 102 cm³/mol. The number of imide groups is 1. The van der Waals surface area contributed by atoms with Gasteiger partial charge in [-0.25, -0.2) is 0 Å². The third-order valence-electron chi connectivity index (χ3n) is 4.34. The first-order valence-electron chi connectivity index (χ1n) is 8.87. The molecule has 1 aliphatic rings. The van der Waals surface area contributed by atoms with E-state index in [1.165, 1.54) is 48.5 Å². The third kappa shape index (κ3) is 4.90. The lowest BCUT2D eigenvalue weighted by Gasteiger charge is -2.24. The van der Waals surface area contributed by atoms with Gasteiger partial charge in [-0.1, -0.05) is 30.3 Å². The maximum Gasteiger partial charge on any atom is 0.417 e. The zero-order valence-corrected chi connectivity index (χ0v) is 15.2. The topological polar surface area (TPSA) is 66.5 Å². The van der Waals surface area contributed by atoms with Crippen LogP contribution in [0.2, 0.25) is 0 Å². The summed E-state index contributed by atoms with van der Waals surface area (Å²) in [6.07, 6.45) is -3.14. The second-order valence-corrected chi connectivity index (χ2v) is 6.43. The molecule has 5 nitrogen and oxygen atoms in total. The number of carbonyl (C=O) groups excluding carboxylic acids is 3. The summed E-state index contributed by atoms with van der Waals surface area (Å²) in [4.78, 5) is 37.1. The molecule has 1 heterocycles. The highest BCUT2D eigenvalue weighted by molar-refractivity contribution is 6.16. The summed E-state index contributed by atoms with van der Waals surface area (Å²) in [5.41, 5.74) is -0.584. The molecule has 0 spiro atoms. The molecule has 3 rings (SSSR count). The lowest BCUT2D eigenvalue weighted by atomic mass is 10.1. The van der Waals surface area contributed by atoms with Crippen LogP contribution in [0, 0.1) is 0 Å². The monoisotopic (exact) mass is 402 g/mol. The van der Waals surface area contributed by atoms with Gasteiger partial charge in [-0.15, -0.1) is 0 Å². The molecule has 0 aromatic heterocycles. The van der Waals surface area contributed by atoms with Crippen LogP contribution in [-0.2, 0) is 14.4 Å². The van der Waals surface area contributed by atoms with Crippen molar-refractivity contribution in [3.63, 3.8) is 0 Å². The van der Waals surface area contributed by atoms with Crippen LogP contribution in [0.1, 0.15) is 24.8 Å². The fourth-order valence-corrected chi connectivity index (χ4v) is 2.99. The predicted octanol–water partition coefficient (Wildman–Crippen LogP) is 4.31. The highest BCUT2D eigenvalue weighted by Gasteiger charge is 2.35. The van der Waals surface area contributed by atoms with Gasteiger partial charge in [0.05, 0.1) is 11.3 Å². The van der Waals surface area contributed by atoms with Crippen molar-refractivity contribution in [3.8, 4) is 0 Å². The van der Waals surface area contributed by atoms with Crippen LogP contribution in [0.4, 0.5) is 24.5 Å². The average molecular weight is 402 g/mol. The van der Waals surface area contributed by atoms with Crippen molar-refractivity contribution >= 4 is 34.7 Å². The highest BCUT2D eigenvalue weighted by atomic mass is 19.4. The number of nitrogens with one attached hydrogen (secondary N) is 1. The Balaban J connectivity index is 1.77. The number of amides is 3. The van der Waals surface area contributed by atoms with Gasteiger partial charge in [-0.2, -0.15) is 13.2 Å². The SMILES string of the molecule is O=C(/C=C(/c1ccccc1)C(F)(F)F)Nc1ccc(N2C(=O)CCCC2=O)cc1. The molecule has 1 aliphatic heterocycles. The second-order valence-electron chi connectivity index (χ2n) is 6.43. The van der Waals surface area contributed by atoms with E-state index in [1.54, 1.807) is 6.07 Å². The van der Waals surface area contributed by atoms with Crippen molar-refractivity contribution in [3.05, 3.63) is 66.2 Å². The number of alkyl halides is 3. The number of carbonyl (C=O) groups is 3. The van der Waals surface area contributed by atoms with Gasteiger partial charge in [-0.3, -0.25) is 19.3 Å². The van der Waals surface area contributed by atoms with Gasteiger partial charge in [-0.05, 0) is 36.2 Å². The molecule has 1 fully saturated rings. The number of benzene rings is 2. The molecule has 1 N–H and O–H groups in total. The minimum absolute atomic E-state index is 0.118. The molecule has 0 radical (unpaired) electrons. The first-order valence-corrected chi connectivity index (χ1v) is 8.87. The Kier molecular flexibility index (Phi) is 5.81. The Hall–Kier alpha value is -3.42. The standard InChI is InChI=1S/C21H17F3N2O3/c22-21(23,24)17(14-5-2-1-3-6-14)13-18(27)25-15-9-11-16(12-10-15)26-19(28)7-4-8-20(26)29/h1-3,5-6,9-13H,4,7-8H2,(H,25,27)/b17-13-. The Morgan fingerprint density at radius 2 is 1.52 bits per heavy atom. The van der Waals surface area contributed by atoms with Crippen LogP contribution in [0.15, 0.2) is 60.7 Å². The number of hydrogen-bond acceptors (Lipinski definition) is 3. The van der Waals surface area contributed by atoms with Gasteiger partial charge in [0.15, 0.2) is 0 Å².